The molecule has 1 fully saturated rings. The van der Waals surface area contributed by atoms with Crippen molar-refractivity contribution in [3.8, 4) is 0 Å². The molecular weight excluding hydrogens is 164 g/mol. The molecule has 0 bridgehead atoms. The highest BCUT2D eigenvalue weighted by atomic mass is 16.5. The van der Waals surface area contributed by atoms with Crippen molar-refractivity contribution in [3.63, 3.8) is 0 Å². The molecule has 0 atom stereocenters. The fourth-order valence-electron chi connectivity index (χ4n) is 2.64. The summed E-state index contributed by atoms with van der Waals surface area (Å²) in [7, 11) is 0. The third-order valence-corrected chi connectivity index (χ3v) is 3.58. The molecule has 0 N–H and O–H groups in total. The largest absolute Gasteiger partial charge is 0.461 e. The molecule has 0 aromatic heterocycles. The zero-order valence-corrected chi connectivity index (χ0v) is 8.71. The lowest BCUT2D eigenvalue weighted by atomic mass is 9.81. The van der Waals surface area contributed by atoms with E-state index in [1.165, 1.54) is 25.7 Å². The van der Waals surface area contributed by atoms with Gasteiger partial charge in [0.15, 0.2) is 0 Å². The van der Waals surface area contributed by atoms with Crippen LogP contribution in [0.5, 0.6) is 0 Å². The van der Waals surface area contributed by atoms with Gasteiger partial charge in [0.25, 0.3) is 6.47 Å². The second-order valence-corrected chi connectivity index (χ2v) is 3.97. The van der Waals surface area contributed by atoms with Crippen molar-refractivity contribution in [3.05, 3.63) is 0 Å². The number of hydrogen-bond acceptors (Lipinski definition) is 2. The highest BCUT2D eigenvalue weighted by molar-refractivity contribution is 5.38. The Hall–Kier alpha value is -0.530. The number of hydrogen-bond donors (Lipinski definition) is 0. The molecule has 1 aliphatic carbocycles. The molecule has 0 aromatic rings. The molecule has 0 heterocycles. The first kappa shape index (κ1) is 10.6. The van der Waals surface area contributed by atoms with Crippen LogP contribution >= 0.6 is 0 Å². The van der Waals surface area contributed by atoms with E-state index < -0.39 is 0 Å². The monoisotopic (exact) mass is 184 g/mol. The minimum Gasteiger partial charge on any atom is -0.461 e. The van der Waals surface area contributed by atoms with E-state index >= 15 is 0 Å². The van der Waals surface area contributed by atoms with Crippen molar-refractivity contribution in [2.45, 2.75) is 58.0 Å². The lowest BCUT2D eigenvalue weighted by Gasteiger charge is -2.35. The summed E-state index contributed by atoms with van der Waals surface area (Å²) in [5.74, 6) is 0.604. The molecule has 1 rings (SSSR count). The zero-order chi connectivity index (χ0) is 9.73. The van der Waals surface area contributed by atoms with E-state index in [-0.39, 0.29) is 5.60 Å². The molecule has 2 nitrogen and oxygen atoms in total. The molecule has 0 spiro atoms. The quantitative estimate of drug-likeness (QED) is 0.614. The molecule has 0 amide bonds. The van der Waals surface area contributed by atoms with Crippen LogP contribution in [0.2, 0.25) is 0 Å². The second-order valence-electron chi connectivity index (χ2n) is 3.97. The van der Waals surface area contributed by atoms with Crippen LogP contribution in [0.15, 0.2) is 0 Å². The Labute approximate surface area is 80.7 Å². The fraction of sp³-hybridized carbons (Fsp3) is 0.909. The lowest BCUT2D eigenvalue weighted by Crippen LogP contribution is -2.38. The van der Waals surface area contributed by atoms with Crippen LogP contribution in [0.3, 0.4) is 0 Å². The minimum atomic E-state index is -0.155. The number of ether oxygens (including phenoxy) is 1. The molecule has 76 valence electrons. The van der Waals surface area contributed by atoms with Crippen molar-refractivity contribution >= 4 is 6.47 Å². The van der Waals surface area contributed by atoms with Gasteiger partial charge in [-0.15, -0.1) is 0 Å². The zero-order valence-electron chi connectivity index (χ0n) is 8.71. The maximum absolute atomic E-state index is 10.5. The van der Waals surface area contributed by atoms with Gasteiger partial charge in [-0.25, -0.2) is 0 Å². The third kappa shape index (κ3) is 2.04. The molecule has 0 saturated heterocycles. The van der Waals surface area contributed by atoms with Crippen molar-refractivity contribution in [2.75, 3.05) is 0 Å². The SMILES string of the molecule is CCC(CC)(OC=O)C1CCCC1. The van der Waals surface area contributed by atoms with E-state index in [4.69, 9.17) is 4.74 Å². The predicted octanol–water partition coefficient (Wildman–Crippen LogP) is 2.91. The molecule has 1 saturated carbocycles. The van der Waals surface area contributed by atoms with Gasteiger partial charge in [0.1, 0.15) is 5.60 Å². The maximum Gasteiger partial charge on any atom is 0.293 e. The van der Waals surface area contributed by atoms with Crippen LogP contribution < -0.4 is 0 Å². The summed E-state index contributed by atoms with van der Waals surface area (Å²) >= 11 is 0. The highest BCUT2D eigenvalue weighted by Crippen LogP contribution is 2.40. The number of rotatable bonds is 5. The number of carbonyl (C=O) groups excluding carboxylic acids is 1. The van der Waals surface area contributed by atoms with Gasteiger partial charge in [0, 0.05) is 0 Å². The predicted molar refractivity (Wildman–Crippen MR) is 52.4 cm³/mol. The Balaban J connectivity index is 2.67. The highest BCUT2D eigenvalue weighted by Gasteiger charge is 2.38. The summed E-state index contributed by atoms with van der Waals surface area (Å²) in [6.07, 6.45) is 6.97. The van der Waals surface area contributed by atoms with E-state index in [1.807, 2.05) is 0 Å². The summed E-state index contributed by atoms with van der Waals surface area (Å²) in [5, 5.41) is 0. The summed E-state index contributed by atoms with van der Waals surface area (Å²) in [4.78, 5) is 10.5. The van der Waals surface area contributed by atoms with Crippen molar-refractivity contribution in [2.24, 2.45) is 5.92 Å². The standard InChI is InChI=1S/C11H20O2/c1-3-11(4-2,13-9-12)10-7-5-6-8-10/h9-10H,3-8H2,1-2H3. The number of carbonyl (C=O) groups is 1. The van der Waals surface area contributed by atoms with Crippen LogP contribution in [-0.2, 0) is 9.53 Å². The molecule has 2 heteroatoms. The Morgan fingerprint density at radius 1 is 1.31 bits per heavy atom. The molecule has 1 aliphatic rings. The van der Waals surface area contributed by atoms with Crippen LogP contribution in [-0.4, -0.2) is 12.1 Å². The summed E-state index contributed by atoms with van der Waals surface area (Å²) in [5.41, 5.74) is -0.155. The first-order valence-corrected chi connectivity index (χ1v) is 5.40. The van der Waals surface area contributed by atoms with Gasteiger partial charge in [0.05, 0.1) is 0 Å². The average Bonchev–Trinajstić information content (AvgIpc) is 2.68. The Morgan fingerprint density at radius 3 is 2.23 bits per heavy atom. The summed E-state index contributed by atoms with van der Waals surface area (Å²) in [6.45, 7) is 4.86. The lowest BCUT2D eigenvalue weighted by molar-refractivity contribution is -0.151. The molecule has 13 heavy (non-hydrogen) atoms. The first-order valence-electron chi connectivity index (χ1n) is 5.40. The molecule has 0 aromatic carbocycles. The van der Waals surface area contributed by atoms with E-state index in [9.17, 15) is 4.79 Å². The van der Waals surface area contributed by atoms with E-state index in [0.29, 0.717) is 12.4 Å². The molecule has 0 radical (unpaired) electrons. The first-order chi connectivity index (χ1) is 6.29. The van der Waals surface area contributed by atoms with Gasteiger partial charge in [-0.05, 0) is 31.6 Å². The van der Waals surface area contributed by atoms with E-state index in [0.717, 1.165) is 12.8 Å². The van der Waals surface area contributed by atoms with Crippen LogP contribution in [0.4, 0.5) is 0 Å². The summed E-state index contributed by atoms with van der Waals surface area (Å²) < 4.78 is 5.33. The fourth-order valence-corrected chi connectivity index (χ4v) is 2.64. The van der Waals surface area contributed by atoms with Gasteiger partial charge in [0.2, 0.25) is 0 Å². The van der Waals surface area contributed by atoms with Gasteiger partial charge < -0.3 is 4.74 Å². The summed E-state index contributed by atoms with van der Waals surface area (Å²) in [6, 6.07) is 0. The molecular formula is C11H20O2. The second kappa shape index (κ2) is 4.64. The van der Waals surface area contributed by atoms with Crippen molar-refractivity contribution < 1.29 is 9.53 Å². The van der Waals surface area contributed by atoms with Crippen LogP contribution in [0, 0.1) is 5.92 Å². The van der Waals surface area contributed by atoms with Crippen molar-refractivity contribution in [1.29, 1.82) is 0 Å². The maximum atomic E-state index is 10.5. The van der Waals surface area contributed by atoms with E-state index in [2.05, 4.69) is 13.8 Å². The van der Waals surface area contributed by atoms with E-state index in [1.54, 1.807) is 0 Å². The van der Waals surface area contributed by atoms with Gasteiger partial charge in [-0.3, -0.25) is 4.79 Å². The van der Waals surface area contributed by atoms with Crippen LogP contribution in [0.25, 0.3) is 0 Å². The average molecular weight is 184 g/mol. The topological polar surface area (TPSA) is 26.3 Å². The van der Waals surface area contributed by atoms with Crippen LogP contribution in [0.1, 0.15) is 52.4 Å². The molecule has 0 unspecified atom stereocenters. The van der Waals surface area contributed by atoms with Gasteiger partial charge in [-0.1, -0.05) is 26.7 Å². The smallest absolute Gasteiger partial charge is 0.293 e. The Bertz CT molecular complexity index is 155. The normalized spacial score (nSPS) is 18.9. The third-order valence-electron chi connectivity index (χ3n) is 3.58. The minimum absolute atomic E-state index is 0.155. The van der Waals surface area contributed by atoms with Gasteiger partial charge >= 0.3 is 0 Å². The molecule has 0 aliphatic heterocycles. The van der Waals surface area contributed by atoms with Crippen molar-refractivity contribution in [1.82, 2.24) is 0 Å². The Morgan fingerprint density at radius 2 is 1.85 bits per heavy atom. The van der Waals surface area contributed by atoms with Gasteiger partial charge in [-0.2, -0.15) is 0 Å². The Kier molecular flexibility index (Phi) is 3.76.